The molecule has 2 aromatic rings. The minimum Gasteiger partial charge on any atom is -0.494 e. The number of amides is 3. The lowest BCUT2D eigenvalue weighted by molar-refractivity contribution is -0.136. The van der Waals surface area contributed by atoms with E-state index in [0.717, 1.165) is 4.90 Å². The van der Waals surface area contributed by atoms with Crippen molar-refractivity contribution in [3.05, 3.63) is 48.5 Å². The average Bonchev–Trinajstić information content (AvgIpc) is 2.56. The first-order valence-electron chi connectivity index (χ1n) is 7.66. The van der Waals surface area contributed by atoms with Crippen molar-refractivity contribution in [2.75, 3.05) is 22.6 Å². The molecular formula is C18H19N3O4. The summed E-state index contributed by atoms with van der Waals surface area (Å²) in [5, 5.41) is 2.46. The van der Waals surface area contributed by atoms with Crippen molar-refractivity contribution >= 4 is 34.8 Å². The van der Waals surface area contributed by atoms with Crippen LogP contribution in [0.2, 0.25) is 0 Å². The molecule has 7 heteroatoms. The van der Waals surface area contributed by atoms with E-state index in [1.54, 1.807) is 36.4 Å². The molecule has 0 unspecified atom stereocenters. The van der Waals surface area contributed by atoms with Crippen LogP contribution < -0.4 is 20.7 Å². The molecule has 0 saturated heterocycles. The zero-order valence-corrected chi connectivity index (χ0v) is 14.0. The molecule has 2 rings (SSSR count). The van der Waals surface area contributed by atoms with E-state index in [1.165, 1.54) is 19.1 Å². The second kappa shape index (κ2) is 7.96. The molecule has 0 heterocycles. The third-order valence-electron chi connectivity index (χ3n) is 3.26. The maximum absolute atomic E-state index is 12.4. The number of benzene rings is 2. The minimum absolute atomic E-state index is 0.236. The van der Waals surface area contributed by atoms with Gasteiger partial charge in [0.2, 0.25) is 5.91 Å². The van der Waals surface area contributed by atoms with E-state index in [1.807, 2.05) is 6.92 Å². The van der Waals surface area contributed by atoms with Gasteiger partial charge in [-0.05, 0) is 49.4 Å². The van der Waals surface area contributed by atoms with Crippen LogP contribution in [0.25, 0.3) is 0 Å². The van der Waals surface area contributed by atoms with E-state index >= 15 is 0 Å². The van der Waals surface area contributed by atoms with Gasteiger partial charge in [0.25, 0.3) is 0 Å². The van der Waals surface area contributed by atoms with Crippen LogP contribution in [0.15, 0.2) is 48.5 Å². The Hall–Kier alpha value is -3.35. The highest BCUT2D eigenvalue weighted by atomic mass is 16.5. The van der Waals surface area contributed by atoms with E-state index in [0.29, 0.717) is 23.7 Å². The van der Waals surface area contributed by atoms with E-state index in [4.69, 9.17) is 10.5 Å². The van der Waals surface area contributed by atoms with Crippen molar-refractivity contribution in [2.24, 2.45) is 0 Å². The molecule has 0 atom stereocenters. The quantitative estimate of drug-likeness (QED) is 0.655. The second-order valence-corrected chi connectivity index (χ2v) is 5.17. The fourth-order valence-corrected chi connectivity index (χ4v) is 2.19. The van der Waals surface area contributed by atoms with E-state index in [2.05, 4.69) is 5.32 Å². The van der Waals surface area contributed by atoms with Crippen molar-refractivity contribution in [1.82, 2.24) is 0 Å². The Morgan fingerprint density at radius 3 is 2.36 bits per heavy atom. The lowest BCUT2D eigenvalue weighted by atomic mass is 10.2. The van der Waals surface area contributed by atoms with Gasteiger partial charge in [0, 0.05) is 18.3 Å². The summed E-state index contributed by atoms with van der Waals surface area (Å²) in [6.07, 6.45) is 0. The van der Waals surface area contributed by atoms with Gasteiger partial charge in [0.15, 0.2) is 0 Å². The monoisotopic (exact) mass is 341 g/mol. The number of nitrogens with one attached hydrogen (secondary N) is 1. The van der Waals surface area contributed by atoms with Gasteiger partial charge in [-0.2, -0.15) is 0 Å². The molecule has 3 amide bonds. The third kappa shape index (κ3) is 4.57. The molecule has 7 nitrogen and oxygen atoms in total. The molecule has 3 N–H and O–H groups in total. The molecule has 130 valence electrons. The van der Waals surface area contributed by atoms with Crippen LogP contribution >= 0.6 is 0 Å². The maximum Gasteiger partial charge on any atom is 0.323 e. The van der Waals surface area contributed by atoms with Gasteiger partial charge < -0.3 is 15.8 Å². The van der Waals surface area contributed by atoms with Crippen LogP contribution in [0, 0.1) is 0 Å². The standard InChI is InChI=1S/C18H19N3O4/c1-3-25-16-9-7-14(8-10-16)20-17(23)18(24)21(12(2)22)15-6-4-5-13(19)11-15/h4-11H,3,19H2,1-2H3,(H,20,23). The number of nitrogens with two attached hydrogens (primary N) is 1. The van der Waals surface area contributed by atoms with E-state index in [9.17, 15) is 14.4 Å². The zero-order valence-electron chi connectivity index (χ0n) is 14.0. The second-order valence-electron chi connectivity index (χ2n) is 5.17. The number of hydrogen-bond donors (Lipinski definition) is 2. The number of hydrogen-bond acceptors (Lipinski definition) is 5. The highest BCUT2D eigenvalue weighted by Gasteiger charge is 2.27. The highest BCUT2D eigenvalue weighted by molar-refractivity contribution is 6.48. The van der Waals surface area contributed by atoms with Gasteiger partial charge in [-0.25, -0.2) is 4.90 Å². The van der Waals surface area contributed by atoms with Crippen molar-refractivity contribution in [2.45, 2.75) is 13.8 Å². The topological polar surface area (TPSA) is 102 Å². The number of carbonyl (C=O) groups is 3. The van der Waals surface area contributed by atoms with Crippen molar-refractivity contribution < 1.29 is 19.1 Å². The number of nitrogen functional groups attached to an aromatic ring is 1. The Kier molecular flexibility index (Phi) is 5.73. The predicted molar refractivity (Wildman–Crippen MR) is 95.3 cm³/mol. The molecule has 0 radical (unpaired) electrons. The van der Waals surface area contributed by atoms with Gasteiger partial charge in [0.1, 0.15) is 5.75 Å². The largest absolute Gasteiger partial charge is 0.494 e. The summed E-state index contributed by atoms with van der Waals surface area (Å²) in [6, 6.07) is 12.7. The summed E-state index contributed by atoms with van der Waals surface area (Å²) in [5.41, 5.74) is 6.70. The molecule has 0 aliphatic carbocycles. The van der Waals surface area contributed by atoms with Gasteiger partial charge in [-0.1, -0.05) is 6.07 Å². The lowest BCUT2D eigenvalue weighted by Gasteiger charge is -2.19. The molecule has 0 fully saturated rings. The number of rotatable bonds is 4. The molecular weight excluding hydrogens is 322 g/mol. The third-order valence-corrected chi connectivity index (χ3v) is 3.26. The first-order valence-corrected chi connectivity index (χ1v) is 7.66. The Morgan fingerprint density at radius 2 is 1.80 bits per heavy atom. The molecule has 0 spiro atoms. The number of imide groups is 1. The van der Waals surface area contributed by atoms with Gasteiger partial charge in [-0.15, -0.1) is 0 Å². The van der Waals surface area contributed by atoms with Crippen molar-refractivity contribution in [3.63, 3.8) is 0 Å². The van der Waals surface area contributed by atoms with Crippen LogP contribution in [0.4, 0.5) is 17.1 Å². The fraction of sp³-hybridized carbons (Fsp3) is 0.167. The fourth-order valence-electron chi connectivity index (χ4n) is 2.19. The summed E-state index contributed by atoms with van der Waals surface area (Å²) >= 11 is 0. The zero-order chi connectivity index (χ0) is 18.4. The SMILES string of the molecule is CCOc1ccc(NC(=O)C(=O)N(C(C)=O)c2cccc(N)c2)cc1. The smallest absolute Gasteiger partial charge is 0.323 e. The molecule has 0 bridgehead atoms. The summed E-state index contributed by atoms with van der Waals surface area (Å²) in [4.78, 5) is 37.2. The highest BCUT2D eigenvalue weighted by Crippen LogP contribution is 2.19. The number of nitrogens with zero attached hydrogens (tertiary/aromatic N) is 1. The summed E-state index contributed by atoms with van der Waals surface area (Å²) in [7, 11) is 0. The predicted octanol–water partition coefficient (Wildman–Crippen LogP) is 2.19. The summed E-state index contributed by atoms with van der Waals surface area (Å²) in [5.74, 6) is -1.86. The molecule has 25 heavy (non-hydrogen) atoms. The molecule has 0 aromatic heterocycles. The van der Waals surface area contributed by atoms with Crippen LogP contribution in [-0.4, -0.2) is 24.3 Å². The first-order chi connectivity index (χ1) is 11.9. The summed E-state index contributed by atoms with van der Waals surface area (Å²) in [6.45, 7) is 3.59. The Bertz CT molecular complexity index is 787. The summed E-state index contributed by atoms with van der Waals surface area (Å²) < 4.78 is 5.31. The van der Waals surface area contributed by atoms with Crippen molar-refractivity contribution in [1.29, 1.82) is 0 Å². The Balaban J connectivity index is 2.16. The molecule has 0 aliphatic heterocycles. The molecule has 2 aromatic carbocycles. The van der Waals surface area contributed by atoms with Crippen LogP contribution in [0.1, 0.15) is 13.8 Å². The Labute approximate surface area is 145 Å². The normalized spacial score (nSPS) is 10.0. The van der Waals surface area contributed by atoms with E-state index < -0.39 is 17.7 Å². The van der Waals surface area contributed by atoms with Gasteiger partial charge in [-0.3, -0.25) is 14.4 Å². The van der Waals surface area contributed by atoms with Crippen LogP contribution in [0.3, 0.4) is 0 Å². The number of ether oxygens (including phenoxy) is 1. The first kappa shape index (κ1) is 18.0. The van der Waals surface area contributed by atoms with Gasteiger partial charge in [0.05, 0.1) is 12.3 Å². The molecule has 0 saturated carbocycles. The van der Waals surface area contributed by atoms with E-state index in [-0.39, 0.29) is 5.69 Å². The van der Waals surface area contributed by atoms with Crippen LogP contribution in [-0.2, 0) is 14.4 Å². The maximum atomic E-state index is 12.4. The van der Waals surface area contributed by atoms with Crippen molar-refractivity contribution in [3.8, 4) is 5.75 Å². The number of carbonyl (C=O) groups excluding carboxylic acids is 3. The number of anilines is 3. The van der Waals surface area contributed by atoms with Gasteiger partial charge >= 0.3 is 11.8 Å². The average molecular weight is 341 g/mol. The van der Waals surface area contributed by atoms with Crippen LogP contribution in [0.5, 0.6) is 5.75 Å². The Morgan fingerprint density at radius 1 is 1.12 bits per heavy atom. The minimum atomic E-state index is -0.994. The molecule has 0 aliphatic rings. The lowest BCUT2D eigenvalue weighted by Crippen LogP contribution is -2.42.